The lowest BCUT2D eigenvalue weighted by Gasteiger charge is -2.17. The average Bonchev–Trinajstić information content (AvgIpc) is 2.73. The Morgan fingerprint density at radius 3 is 2.47 bits per heavy atom. The molecule has 0 aliphatic carbocycles. The lowest BCUT2D eigenvalue weighted by atomic mass is 9.96. The third-order valence-corrected chi connectivity index (χ3v) is 3.23. The van der Waals surface area contributed by atoms with E-state index in [1.54, 1.807) is 20.8 Å². The highest BCUT2D eigenvalue weighted by molar-refractivity contribution is 7.13. The van der Waals surface area contributed by atoms with Gasteiger partial charge in [0, 0.05) is 10.8 Å². The van der Waals surface area contributed by atoms with Crippen molar-refractivity contribution in [3.05, 3.63) is 11.1 Å². The third kappa shape index (κ3) is 4.98. The van der Waals surface area contributed by atoms with Gasteiger partial charge in [-0.15, -0.1) is 11.3 Å². The Hall–Kier alpha value is -1.43. The first-order chi connectivity index (χ1) is 8.70. The highest BCUT2D eigenvalue weighted by Gasteiger charge is 2.21. The zero-order chi connectivity index (χ0) is 14.6. The summed E-state index contributed by atoms with van der Waals surface area (Å²) >= 11 is 1.39. The topological polar surface area (TPSA) is 71.1 Å². The van der Waals surface area contributed by atoms with Crippen molar-refractivity contribution in [3.63, 3.8) is 0 Å². The molecular weight excluding hydrogens is 262 g/mol. The van der Waals surface area contributed by atoms with Crippen molar-refractivity contribution < 1.29 is 9.59 Å². The molecule has 0 aliphatic rings. The largest absolute Gasteiger partial charge is 0.347 e. The van der Waals surface area contributed by atoms with Gasteiger partial charge in [-0.05, 0) is 5.92 Å². The third-order valence-electron chi connectivity index (χ3n) is 2.45. The van der Waals surface area contributed by atoms with Crippen LogP contribution < -0.4 is 10.6 Å². The molecule has 2 amide bonds. The summed E-state index contributed by atoms with van der Waals surface area (Å²) in [5.74, 6) is -0.0746. The second kappa shape index (κ2) is 6.14. The maximum Gasteiger partial charge on any atom is 0.245 e. The van der Waals surface area contributed by atoms with Gasteiger partial charge in [-0.1, -0.05) is 34.6 Å². The van der Waals surface area contributed by atoms with Crippen LogP contribution in [0.15, 0.2) is 5.38 Å². The van der Waals surface area contributed by atoms with E-state index in [4.69, 9.17) is 0 Å². The van der Waals surface area contributed by atoms with Crippen LogP contribution >= 0.6 is 11.3 Å². The van der Waals surface area contributed by atoms with Crippen molar-refractivity contribution in [1.82, 2.24) is 10.3 Å². The molecule has 0 fully saturated rings. The second-order valence-electron chi connectivity index (χ2n) is 5.71. The predicted octanol–water partition coefficient (Wildman–Crippen LogP) is 2.37. The van der Waals surface area contributed by atoms with Crippen LogP contribution in [-0.4, -0.2) is 23.3 Å². The Bertz CT molecular complexity index is 461. The molecule has 106 valence electrons. The Labute approximate surface area is 117 Å². The van der Waals surface area contributed by atoms with Gasteiger partial charge in [-0.2, -0.15) is 0 Å². The molecule has 0 saturated carbocycles. The number of hydrogen-bond acceptors (Lipinski definition) is 4. The van der Waals surface area contributed by atoms with E-state index in [-0.39, 0.29) is 18.4 Å². The molecule has 1 heterocycles. The van der Waals surface area contributed by atoms with Crippen molar-refractivity contribution in [1.29, 1.82) is 0 Å². The van der Waals surface area contributed by atoms with E-state index in [2.05, 4.69) is 15.6 Å². The second-order valence-corrected chi connectivity index (χ2v) is 6.57. The number of nitrogens with zero attached hydrogens (tertiary/aromatic N) is 1. The van der Waals surface area contributed by atoms with Crippen LogP contribution in [0, 0.1) is 5.41 Å². The van der Waals surface area contributed by atoms with Crippen LogP contribution in [0.4, 0.5) is 5.13 Å². The number of amides is 2. The first-order valence-corrected chi connectivity index (χ1v) is 7.11. The molecule has 19 heavy (non-hydrogen) atoms. The fourth-order valence-corrected chi connectivity index (χ4v) is 2.09. The lowest BCUT2D eigenvalue weighted by Crippen LogP contribution is -2.39. The van der Waals surface area contributed by atoms with Crippen LogP contribution in [-0.2, 0) is 9.59 Å². The minimum Gasteiger partial charge on any atom is -0.347 e. The van der Waals surface area contributed by atoms with Gasteiger partial charge in [-0.3, -0.25) is 9.59 Å². The van der Waals surface area contributed by atoms with Crippen molar-refractivity contribution in [2.45, 2.75) is 40.5 Å². The van der Waals surface area contributed by atoms with Crippen molar-refractivity contribution in [2.24, 2.45) is 5.41 Å². The van der Waals surface area contributed by atoms with E-state index < -0.39 is 5.41 Å². The summed E-state index contributed by atoms with van der Waals surface area (Å²) in [4.78, 5) is 27.6. The molecule has 1 aromatic rings. The van der Waals surface area contributed by atoms with Gasteiger partial charge in [0.25, 0.3) is 0 Å². The first kappa shape index (κ1) is 15.6. The van der Waals surface area contributed by atoms with E-state index in [0.29, 0.717) is 11.0 Å². The van der Waals surface area contributed by atoms with Crippen LogP contribution in [0.2, 0.25) is 0 Å². The number of carbonyl (C=O) groups excluding carboxylic acids is 2. The molecule has 0 spiro atoms. The van der Waals surface area contributed by atoms with Gasteiger partial charge >= 0.3 is 0 Å². The molecule has 0 aromatic carbocycles. The molecule has 0 radical (unpaired) electrons. The van der Waals surface area contributed by atoms with E-state index in [1.807, 2.05) is 19.2 Å². The normalized spacial score (nSPS) is 11.5. The van der Waals surface area contributed by atoms with Crippen LogP contribution in [0.5, 0.6) is 0 Å². The fraction of sp³-hybridized carbons (Fsp3) is 0.615. The van der Waals surface area contributed by atoms with E-state index in [0.717, 1.165) is 5.69 Å². The summed E-state index contributed by atoms with van der Waals surface area (Å²) in [6, 6.07) is 0. The van der Waals surface area contributed by atoms with E-state index in [1.165, 1.54) is 11.3 Å². The molecule has 1 aromatic heterocycles. The first-order valence-electron chi connectivity index (χ1n) is 6.23. The number of aromatic nitrogens is 1. The number of hydrogen-bond donors (Lipinski definition) is 2. The van der Waals surface area contributed by atoms with Gasteiger partial charge in [0.05, 0.1) is 12.2 Å². The molecule has 0 saturated heterocycles. The quantitative estimate of drug-likeness (QED) is 0.891. The minimum absolute atomic E-state index is 0.0350. The molecule has 0 bridgehead atoms. The molecule has 0 atom stereocenters. The molecule has 0 aliphatic heterocycles. The summed E-state index contributed by atoms with van der Waals surface area (Å²) < 4.78 is 0. The fourth-order valence-electron chi connectivity index (χ4n) is 1.20. The molecule has 2 N–H and O–H groups in total. The SMILES string of the molecule is CC(C)c1csc(NC(=O)CNC(=O)C(C)(C)C)n1. The van der Waals surface area contributed by atoms with Gasteiger partial charge in [0.1, 0.15) is 0 Å². The van der Waals surface area contributed by atoms with Crippen molar-refractivity contribution in [2.75, 3.05) is 11.9 Å². The van der Waals surface area contributed by atoms with Gasteiger partial charge in [-0.25, -0.2) is 4.98 Å². The zero-order valence-electron chi connectivity index (χ0n) is 12.0. The Morgan fingerprint density at radius 1 is 1.37 bits per heavy atom. The van der Waals surface area contributed by atoms with E-state index in [9.17, 15) is 9.59 Å². The summed E-state index contributed by atoms with van der Waals surface area (Å²) in [5, 5.41) is 7.77. The van der Waals surface area contributed by atoms with Gasteiger partial charge in [0.2, 0.25) is 11.8 Å². The van der Waals surface area contributed by atoms with Crippen molar-refractivity contribution in [3.8, 4) is 0 Å². The van der Waals surface area contributed by atoms with Crippen LogP contribution in [0.25, 0.3) is 0 Å². The maximum atomic E-state index is 11.7. The Balaban J connectivity index is 2.45. The summed E-state index contributed by atoms with van der Waals surface area (Å²) in [5.41, 5.74) is 0.464. The maximum absolute atomic E-state index is 11.7. The molecule has 6 heteroatoms. The number of rotatable bonds is 4. The molecule has 5 nitrogen and oxygen atoms in total. The molecular formula is C13H21N3O2S. The van der Waals surface area contributed by atoms with Gasteiger partial charge in [0.15, 0.2) is 5.13 Å². The standard InChI is InChI=1S/C13H21N3O2S/c1-8(2)9-7-19-12(15-9)16-10(17)6-14-11(18)13(3,4)5/h7-8H,6H2,1-5H3,(H,14,18)(H,15,16,17). The highest BCUT2D eigenvalue weighted by atomic mass is 32.1. The monoisotopic (exact) mass is 283 g/mol. The van der Waals surface area contributed by atoms with Crippen LogP contribution in [0.1, 0.15) is 46.2 Å². The number of thiazole rings is 1. The van der Waals surface area contributed by atoms with E-state index >= 15 is 0 Å². The van der Waals surface area contributed by atoms with Gasteiger partial charge < -0.3 is 10.6 Å². The average molecular weight is 283 g/mol. The molecule has 0 unspecified atom stereocenters. The Morgan fingerprint density at radius 2 is 2.00 bits per heavy atom. The molecule has 1 rings (SSSR count). The number of nitrogens with one attached hydrogen (secondary N) is 2. The number of anilines is 1. The highest BCUT2D eigenvalue weighted by Crippen LogP contribution is 2.21. The van der Waals surface area contributed by atoms with Crippen LogP contribution in [0.3, 0.4) is 0 Å². The van der Waals surface area contributed by atoms with Crippen molar-refractivity contribution >= 4 is 28.3 Å². The number of carbonyl (C=O) groups is 2. The smallest absolute Gasteiger partial charge is 0.245 e. The zero-order valence-corrected chi connectivity index (χ0v) is 12.9. The summed E-state index contributed by atoms with van der Waals surface area (Å²) in [6.45, 7) is 9.46. The lowest BCUT2D eigenvalue weighted by molar-refractivity contribution is -0.130. The summed E-state index contributed by atoms with van der Waals surface area (Å²) in [6.07, 6.45) is 0. The summed E-state index contributed by atoms with van der Waals surface area (Å²) in [7, 11) is 0. The predicted molar refractivity (Wildman–Crippen MR) is 77.3 cm³/mol. The Kier molecular flexibility index (Phi) is 5.05. The minimum atomic E-state index is -0.494.